The fourth-order valence-corrected chi connectivity index (χ4v) is 14.9. The molecular formula is C101H86N16O2S. The topological polar surface area (TPSA) is 199 Å². The Bertz CT molecular complexity index is 6470. The minimum Gasteiger partial charge on any atom is -0.352 e. The van der Waals surface area contributed by atoms with E-state index in [4.69, 9.17) is 0 Å². The highest BCUT2D eigenvalue weighted by molar-refractivity contribution is 7.08. The molecule has 0 aliphatic heterocycles. The van der Waals surface area contributed by atoms with Gasteiger partial charge in [-0.1, -0.05) is 148 Å². The predicted octanol–water partition coefficient (Wildman–Crippen LogP) is 22.1. The van der Waals surface area contributed by atoms with Crippen LogP contribution in [0.5, 0.6) is 0 Å². The molecule has 11 aromatic carbocycles. The third-order valence-corrected chi connectivity index (χ3v) is 21.7. The van der Waals surface area contributed by atoms with Crippen LogP contribution >= 0.6 is 11.3 Å². The highest BCUT2D eigenvalue weighted by atomic mass is 32.1. The molecule has 0 radical (unpaired) electrons. The van der Waals surface area contributed by atoms with Crippen molar-refractivity contribution in [1.29, 1.82) is 0 Å². The molecule has 0 unspecified atom stereocenters. The molecule has 0 bridgehead atoms. The van der Waals surface area contributed by atoms with E-state index < -0.39 is 0 Å². The molecule has 19 heteroatoms. The van der Waals surface area contributed by atoms with Gasteiger partial charge in [0.2, 0.25) is 11.8 Å². The first-order valence-corrected chi connectivity index (χ1v) is 40.9. The molecule has 0 saturated carbocycles. The molecule has 0 aliphatic carbocycles. The standard InChI is InChI=1S/C22H19N3O.C20H17N5O.2C20H17N3.C19H16N2S/c1-16(26)23-14-17-7-10-20(11-8-17)25-15-24-21-12-9-19(13-22(21)25)18-5-3-2-4-6-18;1-14(26)23-9-15-2-5-18(6-3-15)25-13-24-19-7-4-16(8-20(19)25)17-10-21-12-22-11-17;1-2-15-3-6-18(7-4-15)23-14-22-19-8-5-17(13-20(19)23)16-9-11-21-12-10-16;1-2-15-5-8-18(9-6-15)23-14-22-19-10-7-16(12-20(19)23)17-4-3-11-21-13-17;1-2-14-3-6-17(7-4-14)21-13-20-18-8-5-15(11-19(18)21)16-9-10-22-12-16/h2-13,15H,14H2,1H3,(H,23,26);2-8,10-13H,9H2,1H3,(H,23,26);2*3-14H,2H2,1H3;3-13H,2H2,1H3. The number of pyridine rings is 2. The molecule has 2 N–H and O–H groups in total. The molecule has 9 heterocycles. The number of hydrogen-bond donors (Lipinski definition) is 2. The van der Waals surface area contributed by atoms with Gasteiger partial charge in [0.1, 0.15) is 38.0 Å². The van der Waals surface area contributed by atoms with Crippen molar-refractivity contribution in [3.05, 3.63) is 387 Å². The first-order chi connectivity index (χ1) is 59.0. The van der Waals surface area contributed by atoms with Gasteiger partial charge in [-0.25, -0.2) is 34.9 Å². The van der Waals surface area contributed by atoms with Crippen LogP contribution in [0.4, 0.5) is 0 Å². The van der Waals surface area contributed by atoms with Gasteiger partial charge in [-0.15, -0.1) is 0 Å². The number of carbonyl (C=O) groups excluding carboxylic acids is 2. The molecule has 18 nitrogen and oxygen atoms in total. The third kappa shape index (κ3) is 18.5. The van der Waals surface area contributed by atoms with Crippen LogP contribution in [0.1, 0.15) is 62.4 Å². The van der Waals surface area contributed by atoms with Crippen LogP contribution in [-0.4, -0.2) is 79.5 Å². The van der Waals surface area contributed by atoms with Crippen LogP contribution in [0.25, 0.3) is 139 Å². The van der Waals surface area contributed by atoms with Crippen molar-refractivity contribution in [2.75, 3.05) is 0 Å². The van der Waals surface area contributed by atoms with Crippen LogP contribution in [0.2, 0.25) is 0 Å². The summed E-state index contributed by atoms with van der Waals surface area (Å²) < 4.78 is 10.6. The Hall–Kier alpha value is -15.2. The van der Waals surface area contributed by atoms with Gasteiger partial charge in [0.05, 0.1) is 55.2 Å². The summed E-state index contributed by atoms with van der Waals surface area (Å²) in [5.74, 6) is -0.0600. The first kappa shape index (κ1) is 78.7. The summed E-state index contributed by atoms with van der Waals surface area (Å²) >= 11 is 1.72. The molecule has 0 fully saturated rings. The summed E-state index contributed by atoms with van der Waals surface area (Å²) in [5.41, 5.74) is 33.5. The number of amides is 2. The summed E-state index contributed by atoms with van der Waals surface area (Å²) in [6, 6.07) is 94.4. The van der Waals surface area contributed by atoms with Gasteiger partial charge in [0, 0.05) is 104 Å². The lowest BCUT2D eigenvalue weighted by Gasteiger charge is -2.08. The van der Waals surface area contributed by atoms with Crippen LogP contribution in [0.15, 0.2) is 359 Å². The molecule has 20 aromatic rings. The van der Waals surface area contributed by atoms with Crippen molar-refractivity contribution >= 4 is 78.3 Å². The maximum atomic E-state index is 11.0. The lowest BCUT2D eigenvalue weighted by Crippen LogP contribution is -2.18. The number of nitrogens with zero attached hydrogens (tertiary/aromatic N) is 14. The molecule has 0 spiro atoms. The number of hydrogen-bond acceptors (Lipinski definition) is 12. The zero-order chi connectivity index (χ0) is 82.1. The van der Waals surface area contributed by atoms with Crippen LogP contribution in [0.3, 0.4) is 0 Å². The normalized spacial score (nSPS) is 10.9. The number of aromatic nitrogens is 14. The van der Waals surface area contributed by atoms with Crippen molar-refractivity contribution in [2.24, 2.45) is 0 Å². The highest BCUT2D eigenvalue weighted by Gasteiger charge is 2.15. The molecule has 120 heavy (non-hydrogen) atoms. The Morgan fingerprint density at radius 1 is 0.292 bits per heavy atom. The van der Waals surface area contributed by atoms with E-state index in [9.17, 15) is 9.59 Å². The average molecular weight is 1590 g/mol. The zero-order valence-electron chi connectivity index (χ0n) is 67.1. The SMILES string of the molecule is CC(=O)NCc1ccc(-n2cnc3ccc(-c4ccccc4)cc32)cc1.CC(=O)NCc1ccc(-n2cnc3ccc(-c4cncnc4)cc32)cc1.CCc1ccc(-n2cnc3ccc(-c4cccnc4)cc32)cc1.CCc1ccc(-n2cnc3ccc(-c4ccncc4)cc32)cc1.CCc1ccc(-n2cnc3ccc(-c4ccsc4)cc32)cc1. The van der Waals surface area contributed by atoms with Crippen LogP contribution in [0, 0.1) is 0 Å². The minimum atomic E-state index is -0.0351. The van der Waals surface area contributed by atoms with Gasteiger partial charge in [0.15, 0.2) is 0 Å². The first-order valence-electron chi connectivity index (χ1n) is 39.9. The van der Waals surface area contributed by atoms with Gasteiger partial charge in [-0.3, -0.25) is 42.4 Å². The second-order valence-electron chi connectivity index (χ2n) is 28.8. The third-order valence-electron chi connectivity index (χ3n) is 21.0. The number of thiophene rings is 1. The van der Waals surface area contributed by atoms with E-state index in [0.717, 1.165) is 142 Å². The molecule has 0 atom stereocenters. The smallest absolute Gasteiger partial charge is 0.217 e. The van der Waals surface area contributed by atoms with Gasteiger partial charge >= 0.3 is 0 Å². The quantitative estimate of drug-likeness (QED) is 0.0879. The summed E-state index contributed by atoms with van der Waals surface area (Å²) in [4.78, 5) is 61.1. The Balaban J connectivity index is 0.000000112. The van der Waals surface area contributed by atoms with Crippen molar-refractivity contribution in [3.8, 4) is 84.1 Å². The van der Waals surface area contributed by atoms with Gasteiger partial charge in [-0.05, 0) is 248 Å². The molecule has 0 saturated heterocycles. The van der Waals surface area contributed by atoms with E-state index in [1.54, 1.807) is 29.9 Å². The van der Waals surface area contributed by atoms with E-state index >= 15 is 0 Å². The molecule has 20 rings (SSSR count). The van der Waals surface area contributed by atoms with Gasteiger partial charge < -0.3 is 10.6 Å². The molecule has 588 valence electrons. The summed E-state index contributed by atoms with van der Waals surface area (Å²) in [6.07, 6.45) is 25.0. The lowest BCUT2D eigenvalue weighted by molar-refractivity contribution is -0.120. The van der Waals surface area contributed by atoms with E-state index in [2.05, 4.69) is 281 Å². The monoisotopic (exact) mass is 1590 g/mol. The molecular weight excluding hydrogens is 1500 g/mol. The number of benzene rings is 11. The maximum Gasteiger partial charge on any atom is 0.217 e. The molecule has 0 aliphatic rings. The number of aryl methyl sites for hydroxylation is 3. The Kier molecular flexibility index (Phi) is 24.4. The Morgan fingerprint density at radius 3 is 0.933 bits per heavy atom. The molecule has 2 amide bonds. The minimum absolute atomic E-state index is 0.0249. The van der Waals surface area contributed by atoms with E-state index in [1.807, 2.05) is 152 Å². The van der Waals surface area contributed by atoms with Crippen molar-refractivity contribution < 1.29 is 9.59 Å². The second-order valence-corrected chi connectivity index (χ2v) is 29.6. The summed E-state index contributed by atoms with van der Waals surface area (Å²) in [5, 5.41) is 9.90. The van der Waals surface area contributed by atoms with E-state index in [0.29, 0.717) is 13.1 Å². The fourth-order valence-electron chi connectivity index (χ4n) is 14.2. The van der Waals surface area contributed by atoms with Crippen LogP contribution < -0.4 is 10.6 Å². The number of imidazole rings is 5. The van der Waals surface area contributed by atoms with Crippen molar-refractivity contribution in [2.45, 2.75) is 67.0 Å². The maximum absolute atomic E-state index is 11.0. The van der Waals surface area contributed by atoms with Crippen molar-refractivity contribution in [3.63, 3.8) is 0 Å². The fraction of sp³-hybridized carbons (Fsp3) is 0.0990. The zero-order valence-corrected chi connectivity index (χ0v) is 67.9. The van der Waals surface area contributed by atoms with Gasteiger partial charge in [-0.2, -0.15) is 11.3 Å². The molecule has 9 aromatic heterocycles. The Labute approximate surface area is 699 Å². The average Bonchev–Trinajstić information content (AvgIpc) is 1.67. The van der Waals surface area contributed by atoms with E-state index in [1.165, 1.54) is 64.7 Å². The van der Waals surface area contributed by atoms with E-state index in [-0.39, 0.29) is 11.8 Å². The summed E-state index contributed by atoms with van der Waals surface area (Å²) in [6.45, 7) is 10.6. The predicted molar refractivity (Wildman–Crippen MR) is 485 cm³/mol. The number of fused-ring (bicyclic) bond motifs is 5. The number of rotatable bonds is 17. The Morgan fingerprint density at radius 2 is 0.608 bits per heavy atom. The van der Waals surface area contributed by atoms with Gasteiger partial charge in [0.25, 0.3) is 0 Å². The lowest BCUT2D eigenvalue weighted by atomic mass is 10.1. The van der Waals surface area contributed by atoms with Crippen LogP contribution in [-0.2, 0) is 41.9 Å². The number of carbonyl (C=O) groups is 2. The second kappa shape index (κ2) is 37.2. The highest BCUT2D eigenvalue weighted by Crippen LogP contribution is 2.33. The largest absolute Gasteiger partial charge is 0.352 e. The summed E-state index contributed by atoms with van der Waals surface area (Å²) in [7, 11) is 0. The number of nitrogens with one attached hydrogen (secondary N) is 2. The van der Waals surface area contributed by atoms with Crippen molar-refractivity contribution in [1.82, 2.24) is 78.3 Å².